The molecule has 2 amide bonds. The number of amides is 2. The number of hydrogen-bond donors (Lipinski definition) is 1. The minimum absolute atomic E-state index is 0.0193. The maximum absolute atomic E-state index is 13.0. The van der Waals surface area contributed by atoms with E-state index in [4.69, 9.17) is 9.90 Å². The van der Waals surface area contributed by atoms with Crippen molar-refractivity contribution in [2.45, 2.75) is 19.1 Å². The summed E-state index contributed by atoms with van der Waals surface area (Å²) in [4.78, 5) is 38.9. The van der Waals surface area contributed by atoms with Crippen molar-refractivity contribution in [1.29, 1.82) is 0 Å². The van der Waals surface area contributed by atoms with E-state index in [1.807, 2.05) is 0 Å². The van der Waals surface area contributed by atoms with E-state index in [9.17, 15) is 27.2 Å². The van der Waals surface area contributed by atoms with Crippen molar-refractivity contribution in [3.05, 3.63) is 35.6 Å². The van der Waals surface area contributed by atoms with Gasteiger partial charge in [0.25, 0.3) is 0 Å². The molecule has 11 heteroatoms. The zero-order valence-electron chi connectivity index (χ0n) is 17.2. The lowest BCUT2D eigenvalue weighted by Gasteiger charge is -2.34. The van der Waals surface area contributed by atoms with Crippen LogP contribution in [0.15, 0.2) is 24.3 Å². The number of hydrogen-bond acceptors (Lipinski definition) is 4. The van der Waals surface area contributed by atoms with Gasteiger partial charge in [-0.3, -0.25) is 14.5 Å². The lowest BCUT2D eigenvalue weighted by atomic mass is 9.88. The van der Waals surface area contributed by atoms with Gasteiger partial charge < -0.3 is 14.9 Å². The number of likely N-dealkylation sites (N-methyl/N-ethyl adjacent to an activating group) is 1. The fraction of sp³-hybridized carbons (Fsp3) is 0.550. The summed E-state index contributed by atoms with van der Waals surface area (Å²) in [5.41, 5.74) is 1.06. The van der Waals surface area contributed by atoms with Crippen LogP contribution in [-0.2, 0) is 20.9 Å². The normalized spacial score (nSPS) is 21.2. The summed E-state index contributed by atoms with van der Waals surface area (Å²) >= 11 is 0. The molecule has 2 saturated heterocycles. The number of nitrogens with zero attached hydrogens (tertiary/aromatic N) is 3. The molecule has 0 aromatic heterocycles. The summed E-state index contributed by atoms with van der Waals surface area (Å²) in [7, 11) is 3.42. The van der Waals surface area contributed by atoms with Gasteiger partial charge in [-0.05, 0) is 30.0 Å². The highest BCUT2D eigenvalue weighted by Crippen LogP contribution is 2.32. The highest BCUT2D eigenvalue weighted by atomic mass is 19.4. The van der Waals surface area contributed by atoms with E-state index < -0.39 is 12.1 Å². The van der Waals surface area contributed by atoms with Gasteiger partial charge in [0.1, 0.15) is 5.82 Å². The Labute approximate surface area is 177 Å². The van der Waals surface area contributed by atoms with Crippen LogP contribution >= 0.6 is 0 Å². The fourth-order valence-electron chi connectivity index (χ4n) is 3.64. The van der Waals surface area contributed by atoms with Crippen molar-refractivity contribution < 1.29 is 37.1 Å². The molecule has 0 radical (unpaired) electrons. The van der Waals surface area contributed by atoms with E-state index in [2.05, 4.69) is 4.90 Å². The van der Waals surface area contributed by atoms with Gasteiger partial charge in [0.2, 0.25) is 11.8 Å². The summed E-state index contributed by atoms with van der Waals surface area (Å²) in [6.45, 7) is 3.17. The van der Waals surface area contributed by atoms with Gasteiger partial charge >= 0.3 is 12.1 Å². The zero-order valence-corrected chi connectivity index (χ0v) is 17.2. The predicted molar refractivity (Wildman–Crippen MR) is 102 cm³/mol. The lowest BCUT2D eigenvalue weighted by Crippen LogP contribution is -2.49. The summed E-state index contributed by atoms with van der Waals surface area (Å²) in [6.07, 6.45) is -4.14. The highest BCUT2D eigenvalue weighted by Gasteiger charge is 2.43. The third-order valence-corrected chi connectivity index (χ3v) is 5.30. The molecule has 0 aliphatic carbocycles. The standard InChI is InChI=1S/C18H24FN3O2.C2HF3O2/c1-20(2)17(23)12-22-8-7-14-10-21(11-16(14)18(22)24)9-13-3-5-15(19)6-4-13;3-2(4,5)1(6)7/h3-6,14,16H,7-12H2,1-2H3;(H,6,7)/t14-,16-;/m0./s1. The van der Waals surface area contributed by atoms with Crippen molar-refractivity contribution in [3.8, 4) is 0 Å². The number of alkyl halides is 3. The topological polar surface area (TPSA) is 81.2 Å². The van der Waals surface area contributed by atoms with Crippen LogP contribution in [-0.4, -0.2) is 84.0 Å². The Hall–Kier alpha value is -2.69. The average Bonchev–Trinajstić information content (AvgIpc) is 3.09. The number of fused-ring (bicyclic) bond motifs is 1. The molecule has 7 nitrogen and oxygen atoms in total. The van der Waals surface area contributed by atoms with Gasteiger partial charge in [-0.15, -0.1) is 0 Å². The van der Waals surface area contributed by atoms with Crippen LogP contribution in [0.4, 0.5) is 17.6 Å². The van der Waals surface area contributed by atoms with Crippen molar-refractivity contribution >= 4 is 17.8 Å². The first-order chi connectivity index (χ1) is 14.4. The molecule has 1 aromatic carbocycles. The van der Waals surface area contributed by atoms with Gasteiger partial charge in [0, 0.05) is 40.3 Å². The van der Waals surface area contributed by atoms with Crippen LogP contribution in [0.5, 0.6) is 0 Å². The zero-order chi connectivity index (χ0) is 23.3. The average molecular weight is 447 g/mol. The van der Waals surface area contributed by atoms with Gasteiger partial charge in [0.05, 0.1) is 12.5 Å². The van der Waals surface area contributed by atoms with Crippen LogP contribution in [0.3, 0.4) is 0 Å². The molecule has 0 unspecified atom stereocenters. The fourth-order valence-corrected chi connectivity index (χ4v) is 3.64. The van der Waals surface area contributed by atoms with Crippen molar-refractivity contribution in [2.75, 3.05) is 40.3 Å². The van der Waals surface area contributed by atoms with Crippen LogP contribution < -0.4 is 0 Å². The minimum atomic E-state index is -5.08. The lowest BCUT2D eigenvalue weighted by molar-refractivity contribution is -0.192. The summed E-state index contributed by atoms with van der Waals surface area (Å²) in [6, 6.07) is 6.53. The molecule has 1 N–H and O–H groups in total. The van der Waals surface area contributed by atoms with Crippen molar-refractivity contribution in [1.82, 2.24) is 14.7 Å². The Morgan fingerprint density at radius 2 is 1.74 bits per heavy atom. The molecule has 0 bridgehead atoms. The number of carbonyl (C=O) groups is 3. The number of piperidine rings is 1. The van der Waals surface area contributed by atoms with Crippen LogP contribution in [0.25, 0.3) is 0 Å². The third kappa shape index (κ3) is 6.91. The SMILES string of the molecule is CN(C)C(=O)CN1CC[C@H]2CN(Cc3ccc(F)cc3)C[C@@H]2C1=O.O=C(O)C(F)(F)F. The molecule has 2 aliphatic rings. The van der Waals surface area contributed by atoms with E-state index >= 15 is 0 Å². The van der Waals surface area contributed by atoms with Crippen molar-refractivity contribution in [3.63, 3.8) is 0 Å². The smallest absolute Gasteiger partial charge is 0.475 e. The van der Waals surface area contributed by atoms with Gasteiger partial charge in [-0.1, -0.05) is 12.1 Å². The second-order valence-corrected chi connectivity index (χ2v) is 7.83. The predicted octanol–water partition coefficient (Wildman–Crippen LogP) is 1.83. The molecule has 2 heterocycles. The summed E-state index contributed by atoms with van der Waals surface area (Å²) < 4.78 is 44.7. The van der Waals surface area contributed by atoms with Crippen LogP contribution in [0.1, 0.15) is 12.0 Å². The van der Waals surface area contributed by atoms with E-state index in [0.717, 1.165) is 25.1 Å². The Bertz CT molecular complexity index is 799. The van der Waals surface area contributed by atoms with Crippen LogP contribution in [0, 0.1) is 17.7 Å². The van der Waals surface area contributed by atoms with Gasteiger partial charge in [-0.25, -0.2) is 9.18 Å². The quantitative estimate of drug-likeness (QED) is 0.713. The number of aliphatic carboxylic acids is 1. The van der Waals surface area contributed by atoms with E-state index in [0.29, 0.717) is 19.0 Å². The third-order valence-electron chi connectivity index (χ3n) is 5.30. The number of carbonyl (C=O) groups excluding carboxylic acids is 2. The van der Waals surface area contributed by atoms with Crippen molar-refractivity contribution in [2.24, 2.45) is 11.8 Å². The van der Waals surface area contributed by atoms with E-state index in [-0.39, 0.29) is 30.1 Å². The van der Waals surface area contributed by atoms with Gasteiger partial charge in [-0.2, -0.15) is 13.2 Å². The molecular weight excluding hydrogens is 422 g/mol. The number of benzene rings is 1. The van der Waals surface area contributed by atoms with Gasteiger partial charge in [0.15, 0.2) is 0 Å². The molecular formula is C20H25F4N3O4. The first-order valence-electron chi connectivity index (χ1n) is 9.64. The number of rotatable bonds is 4. The summed E-state index contributed by atoms with van der Waals surface area (Å²) in [5.74, 6) is -2.58. The second-order valence-electron chi connectivity index (χ2n) is 7.83. The first-order valence-corrected chi connectivity index (χ1v) is 9.64. The molecule has 172 valence electrons. The highest BCUT2D eigenvalue weighted by molar-refractivity contribution is 5.86. The minimum Gasteiger partial charge on any atom is -0.475 e. The maximum Gasteiger partial charge on any atom is 0.490 e. The van der Waals surface area contributed by atoms with Crippen LogP contribution in [0.2, 0.25) is 0 Å². The molecule has 2 aliphatic heterocycles. The number of halogens is 4. The second kappa shape index (κ2) is 10.1. The Morgan fingerprint density at radius 1 is 1.16 bits per heavy atom. The Kier molecular flexibility index (Phi) is 7.99. The molecule has 31 heavy (non-hydrogen) atoms. The largest absolute Gasteiger partial charge is 0.490 e. The molecule has 1 aromatic rings. The van der Waals surface area contributed by atoms with E-state index in [1.165, 1.54) is 17.0 Å². The maximum atomic E-state index is 13.0. The van der Waals surface area contributed by atoms with E-state index in [1.54, 1.807) is 31.1 Å². The monoisotopic (exact) mass is 447 g/mol. The number of carboxylic acids is 1. The molecule has 0 spiro atoms. The number of carboxylic acid groups (broad SMARTS) is 1. The Morgan fingerprint density at radius 3 is 2.26 bits per heavy atom. The molecule has 2 atom stereocenters. The Balaban J connectivity index is 0.000000423. The molecule has 0 saturated carbocycles. The molecule has 3 rings (SSSR count). The molecule has 2 fully saturated rings. The number of likely N-dealkylation sites (tertiary alicyclic amines) is 2. The summed E-state index contributed by atoms with van der Waals surface area (Å²) in [5, 5.41) is 7.12. The first kappa shape index (κ1) is 24.6.